The molecule has 3 aromatic rings. The van der Waals surface area contributed by atoms with Crippen LogP contribution in [-0.4, -0.2) is 22.7 Å². The zero-order chi connectivity index (χ0) is 26.0. The predicted molar refractivity (Wildman–Crippen MR) is 123 cm³/mol. The van der Waals surface area contributed by atoms with Crippen molar-refractivity contribution in [2.75, 3.05) is 17.2 Å². The van der Waals surface area contributed by atoms with Gasteiger partial charge in [-0.1, -0.05) is 12.1 Å². The van der Waals surface area contributed by atoms with Crippen LogP contribution in [0.1, 0.15) is 31.9 Å². The number of carbonyl (C=O) groups excluding carboxylic acids is 1. The Morgan fingerprint density at radius 1 is 1.03 bits per heavy atom. The number of rotatable bonds is 6. The van der Waals surface area contributed by atoms with Crippen molar-refractivity contribution in [1.82, 2.24) is 4.98 Å². The summed E-state index contributed by atoms with van der Waals surface area (Å²) in [6, 6.07) is 7.32. The maximum Gasteiger partial charge on any atom is 0.416 e. The zero-order valence-electron chi connectivity index (χ0n) is 19.0. The third kappa shape index (κ3) is 6.18. The molecule has 11 heteroatoms. The van der Waals surface area contributed by atoms with Gasteiger partial charge in [0.05, 0.1) is 23.5 Å². The Morgan fingerprint density at radius 2 is 1.74 bits per heavy atom. The molecule has 1 heterocycles. The van der Waals surface area contributed by atoms with Crippen molar-refractivity contribution < 1.29 is 32.2 Å². The Morgan fingerprint density at radius 3 is 2.34 bits per heavy atom. The number of nitrogens with one attached hydrogen (secondary N) is 3. The number of aromatic nitrogens is 1. The molecule has 0 fully saturated rings. The summed E-state index contributed by atoms with van der Waals surface area (Å²) >= 11 is 0. The molecule has 2 aromatic carbocycles. The first-order valence-corrected chi connectivity index (χ1v) is 10.5. The lowest BCUT2D eigenvalue weighted by molar-refractivity contribution is -0.140. The Balaban J connectivity index is 1.79. The summed E-state index contributed by atoms with van der Waals surface area (Å²) in [5.74, 6) is -0.740. The van der Waals surface area contributed by atoms with Crippen molar-refractivity contribution in [3.63, 3.8) is 0 Å². The predicted octanol–water partition coefficient (Wildman–Crippen LogP) is 5.47. The van der Waals surface area contributed by atoms with E-state index in [4.69, 9.17) is 4.74 Å². The number of aromatic amines is 1. The number of anilines is 2. The van der Waals surface area contributed by atoms with E-state index in [0.717, 1.165) is 12.1 Å². The highest BCUT2D eigenvalue weighted by Crippen LogP contribution is 2.38. The van der Waals surface area contributed by atoms with E-state index in [9.17, 15) is 32.3 Å². The van der Waals surface area contributed by atoms with E-state index in [1.165, 1.54) is 44.3 Å². The van der Waals surface area contributed by atoms with Gasteiger partial charge >= 0.3 is 12.2 Å². The van der Waals surface area contributed by atoms with E-state index in [1.807, 2.05) is 0 Å². The number of hydrogen-bond acceptors (Lipinski definition) is 4. The summed E-state index contributed by atoms with van der Waals surface area (Å²) in [6.07, 6.45) is -3.38. The van der Waals surface area contributed by atoms with Crippen LogP contribution in [0.25, 0.3) is 11.1 Å². The summed E-state index contributed by atoms with van der Waals surface area (Å²) in [6.45, 7) is 4.41. The number of benzene rings is 2. The zero-order valence-corrected chi connectivity index (χ0v) is 19.0. The molecule has 0 spiro atoms. The molecule has 0 saturated carbocycles. The van der Waals surface area contributed by atoms with Crippen molar-refractivity contribution >= 4 is 17.4 Å². The van der Waals surface area contributed by atoms with Crippen LogP contribution in [0.2, 0.25) is 0 Å². The molecule has 0 bridgehead atoms. The van der Waals surface area contributed by atoms with Gasteiger partial charge in [0.1, 0.15) is 5.82 Å². The molecule has 0 aliphatic rings. The maximum atomic E-state index is 14.6. The van der Waals surface area contributed by atoms with Crippen LogP contribution in [0.15, 0.2) is 53.5 Å². The molecular formula is C24H23F4N3O4. The van der Waals surface area contributed by atoms with Gasteiger partial charge in [-0.3, -0.25) is 4.79 Å². The smallest absolute Gasteiger partial charge is 0.416 e. The van der Waals surface area contributed by atoms with Crippen LogP contribution in [0.3, 0.4) is 0 Å². The van der Waals surface area contributed by atoms with Gasteiger partial charge < -0.3 is 25.5 Å². The summed E-state index contributed by atoms with van der Waals surface area (Å²) in [5.41, 5.74) is -3.21. The van der Waals surface area contributed by atoms with Crippen molar-refractivity contribution in [3.8, 4) is 16.9 Å². The number of amides is 2. The van der Waals surface area contributed by atoms with Crippen LogP contribution < -0.4 is 20.9 Å². The number of alkyl halides is 3. The highest BCUT2D eigenvalue weighted by Gasteiger charge is 2.37. The second-order valence-electron chi connectivity index (χ2n) is 8.11. The van der Waals surface area contributed by atoms with Gasteiger partial charge in [0, 0.05) is 17.4 Å². The van der Waals surface area contributed by atoms with Gasteiger partial charge in [-0.25, -0.2) is 9.18 Å². The second-order valence-corrected chi connectivity index (χ2v) is 8.11. The van der Waals surface area contributed by atoms with Crippen LogP contribution in [0.5, 0.6) is 5.75 Å². The molecule has 2 amide bonds. The van der Waals surface area contributed by atoms with Gasteiger partial charge in [-0.2, -0.15) is 13.2 Å². The van der Waals surface area contributed by atoms with Gasteiger partial charge in [0.15, 0.2) is 5.75 Å². The molecular weight excluding hydrogens is 470 g/mol. The van der Waals surface area contributed by atoms with Crippen LogP contribution in [0, 0.1) is 5.82 Å². The molecule has 186 valence electrons. The largest absolute Gasteiger partial charge is 0.488 e. The van der Waals surface area contributed by atoms with E-state index in [2.05, 4.69) is 15.6 Å². The average molecular weight is 493 g/mol. The fourth-order valence-electron chi connectivity index (χ4n) is 3.36. The van der Waals surface area contributed by atoms with Crippen molar-refractivity contribution in [3.05, 3.63) is 76.0 Å². The molecule has 0 saturated heterocycles. The highest BCUT2D eigenvalue weighted by molar-refractivity contribution is 6.00. The van der Waals surface area contributed by atoms with Gasteiger partial charge in [-0.15, -0.1) is 0 Å². The number of H-pyrrole nitrogens is 1. The molecule has 0 radical (unpaired) electrons. The first-order valence-electron chi connectivity index (χ1n) is 10.5. The number of hydrogen-bond donors (Lipinski definition) is 4. The highest BCUT2D eigenvalue weighted by atomic mass is 19.4. The molecule has 0 aliphatic heterocycles. The van der Waals surface area contributed by atoms with E-state index in [1.54, 1.807) is 6.92 Å². The van der Waals surface area contributed by atoms with Crippen LogP contribution in [0.4, 0.5) is 33.7 Å². The van der Waals surface area contributed by atoms with Crippen LogP contribution >= 0.6 is 0 Å². The minimum atomic E-state index is -4.77. The Hall–Kier alpha value is -3.86. The Bertz CT molecular complexity index is 1300. The Kier molecular flexibility index (Phi) is 7.20. The third-order valence-corrected chi connectivity index (χ3v) is 4.96. The fourth-order valence-corrected chi connectivity index (χ4v) is 3.36. The molecule has 0 unspecified atom stereocenters. The molecule has 7 nitrogen and oxygen atoms in total. The molecule has 35 heavy (non-hydrogen) atoms. The molecule has 0 aliphatic carbocycles. The molecule has 0 atom stereocenters. The summed E-state index contributed by atoms with van der Waals surface area (Å²) in [4.78, 5) is 26.5. The molecule has 3 rings (SSSR count). The normalized spacial score (nSPS) is 11.8. The van der Waals surface area contributed by atoms with Crippen LogP contribution in [-0.2, 0) is 11.8 Å². The molecule has 1 aromatic heterocycles. The maximum absolute atomic E-state index is 14.6. The standard InChI is InChI=1S/C24H23F4N3O4/c1-4-35-20-10-14(12-29-21(20)32)13-5-8-19(18(25)9-13)31-22(33)30-15-6-7-16(23(2,3)34)17(11-15)24(26,27)28/h5-12,34H,4H2,1-3H3,(H,29,32)(H2,30,31,33). The van der Waals surface area contributed by atoms with E-state index < -0.39 is 34.7 Å². The number of urea groups is 1. The fraction of sp³-hybridized carbons (Fsp3) is 0.250. The third-order valence-electron chi connectivity index (χ3n) is 4.96. The van der Waals surface area contributed by atoms with Gasteiger partial charge in [0.25, 0.3) is 5.56 Å². The quantitative estimate of drug-likeness (QED) is 0.342. The second kappa shape index (κ2) is 9.79. The average Bonchev–Trinajstić information content (AvgIpc) is 2.75. The Labute approximate surface area is 197 Å². The minimum Gasteiger partial charge on any atom is -0.488 e. The summed E-state index contributed by atoms with van der Waals surface area (Å²) in [7, 11) is 0. The number of pyridine rings is 1. The number of aliphatic hydroxyl groups is 1. The number of ether oxygens (including phenoxy) is 1. The first kappa shape index (κ1) is 25.8. The van der Waals surface area contributed by atoms with Gasteiger partial charge in [0.2, 0.25) is 0 Å². The number of carbonyl (C=O) groups is 1. The number of halogens is 4. The monoisotopic (exact) mass is 493 g/mol. The van der Waals surface area contributed by atoms with Crippen molar-refractivity contribution in [2.24, 2.45) is 0 Å². The van der Waals surface area contributed by atoms with Gasteiger partial charge in [-0.05, 0) is 62.2 Å². The lowest BCUT2D eigenvalue weighted by Crippen LogP contribution is -2.24. The van der Waals surface area contributed by atoms with Crippen molar-refractivity contribution in [1.29, 1.82) is 0 Å². The van der Waals surface area contributed by atoms with E-state index >= 15 is 0 Å². The lowest BCUT2D eigenvalue weighted by Gasteiger charge is -2.23. The van der Waals surface area contributed by atoms with E-state index in [0.29, 0.717) is 17.2 Å². The summed E-state index contributed by atoms with van der Waals surface area (Å²) < 4.78 is 60.2. The topological polar surface area (TPSA) is 103 Å². The van der Waals surface area contributed by atoms with E-state index in [-0.39, 0.29) is 29.3 Å². The lowest BCUT2D eigenvalue weighted by atomic mass is 9.92. The van der Waals surface area contributed by atoms with Crippen molar-refractivity contribution in [2.45, 2.75) is 32.5 Å². The minimum absolute atomic E-state index is 0.0702. The SMILES string of the molecule is CCOc1cc(-c2ccc(NC(=O)Nc3ccc(C(C)(C)O)c(C(F)(F)F)c3)c(F)c2)c[nH]c1=O. The summed E-state index contributed by atoms with van der Waals surface area (Å²) in [5, 5.41) is 14.5. The molecule has 4 N–H and O–H groups in total. The first-order chi connectivity index (χ1) is 16.3.